The van der Waals surface area contributed by atoms with Gasteiger partial charge in [-0.2, -0.15) is 0 Å². The zero-order valence-corrected chi connectivity index (χ0v) is 12.2. The molecule has 0 spiro atoms. The van der Waals surface area contributed by atoms with E-state index in [0.29, 0.717) is 0 Å². The summed E-state index contributed by atoms with van der Waals surface area (Å²) in [5.74, 6) is -1.27. The van der Waals surface area contributed by atoms with Crippen LogP contribution in [0.3, 0.4) is 0 Å². The SMILES string of the molecule is NCc1cc(S(=O)(=O)Nc2cc(F)cc(Cl)c2)ccc1F. The van der Waals surface area contributed by atoms with Gasteiger partial charge in [-0.3, -0.25) is 4.72 Å². The molecule has 8 heteroatoms. The summed E-state index contributed by atoms with van der Waals surface area (Å²) in [7, 11) is -3.99. The highest BCUT2D eigenvalue weighted by Gasteiger charge is 2.16. The van der Waals surface area contributed by atoms with Gasteiger partial charge in [0.15, 0.2) is 0 Å². The molecule has 0 bridgehead atoms. The van der Waals surface area contributed by atoms with Crippen LogP contribution in [0.2, 0.25) is 5.02 Å². The van der Waals surface area contributed by atoms with E-state index in [1.165, 1.54) is 6.07 Å². The molecule has 3 N–H and O–H groups in total. The molecule has 2 aromatic rings. The van der Waals surface area contributed by atoms with E-state index < -0.39 is 21.7 Å². The molecule has 0 saturated heterocycles. The number of halogens is 3. The first kappa shape index (κ1) is 15.7. The van der Waals surface area contributed by atoms with Crippen molar-refractivity contribution in [3.8, 4) is 0 Å². The number of nitrogens with two attached hydrogens (primary N) is 1. The first-order valence-corrected chi connectivity index (χ1v) is 7.65. The first-order chi connectivity index (χ1) is 9.81. The number of hydrogen-bond acceptors (Lipinski definition) is 3. The Kier molecular flexibility index (Phi) is 4.46. The number of nitrogens with one attached hydrogen (secondary N) is 1. The zero-order valence-electron chi connectivity index (χ0n) is 10.6. The third-order valence-electron chi connectivity index (χ3n) is 2.66. The third-order valence-corrected chi connectivity index (χ3v) is 4.26. The van der Waals surface area contributed by atoms with Gasteiger partial charge in [0.25, 0.3) is 10.0 Å². The predicted molar refractivity (Wildman–Crippen MR) is 76.5 cm³/mol. The van der Waals surface area contributed by atoms with E-state index in [4.69, 9.17) is 17.3 Å². The second-order valence-electron chi connectivity index (χ2n) is 4.22. The smallest absolute Gasteiger partial charge is 0.261 e. The van der Waals surface area contributed by atoms with E-state index in [1.54, 1.807) is 0 Å². The molecule has 0 aliphatic rings. The lowest BCUT2D eigenvalue weighted by atomic mass is 10.2. The molecule has 0 radical (unpaired) electrons. The van der Waals surface area contributed by atoms with Crippen LogP contribution in [0, 0.1) is 11.6 Å². The maximum atomic E-state index is 13.3. The van der Waals surface area contributed by atoms with Crippen LogP contribution in [0.1, 0.15) is 5.56 Å². The quantitative estimate of drug-likeness (QED) is 0.904. The Balaban J connectivity index is 2.38. The molecule has 0 amide bonds. The standard InChI is InChI=1S/C13H11ClF2N2O2S/c14-9-4-10(15)6-11(5-9)18-21(19,20)12-1-2-13(16)8(3-12)7-17/h1-6,18H,7,17H2. The zero-order chi connectivity index (χ0) is 15.6. The highest BCUT2D eigenvalue weighted by Crippen LogP contribution is 2.22. The van der Waals surface area contributed by atoms with Crippen LogP contribution in [0.15, 0.2) is 41.3 Å². The Morgan fingerprint density at radius 3 is 2.48 bits per heavy atom. The molecule has 2 rings (SSSR count). The Bertz CT molecular complexity index is 761. The van der Waals surface area contributed by atoms with Crippen LogP contribution >= 0.6 is 11.6 Å². The van der Waals surface area contributed by atoms with E-state index in [0.717, 1.165) is 30.3 Å². The second-order valence-corrected chi connectivity index (χ2v) is 6.34. The lowest BCUT2D eigenvalue weighted by Gasteiger charge is -2.10. The maximum Gasteiger partial charge on any atom is 0.261 e. The fourth-order valence-corrected chi connectivity index (χ4v) is 3.01. The van der Waals surface area contributed by atoms with E-state index in [9.17, 15) is 17.2 Å². The molecule has 112 valence electrons. The highest BCUT2D eigenvalue weighted by atomic mass is 35.5. The van der Waals surface area contributed by atoms with Gasteiger partial charge in [0.1, 0.15) is 11.6 Å². The summed E-state index contributed by atoms with van der Waals surface area (Å²) < 4.78 is 53.0. The lowest BCUT2D eigenvalue weighted by molar-refractivity contribution is 0.596. The Morgan fingerprint density at radius 1 is 1.14 bits per heavy atom. The first-order valence-electron chi connectivity index (χ1n) is 5.79. The number of benzene rings is 2. The van der Waals surface area contributed by atoms with Gasteiger partial charge in [0.2, 0.25) is 0 Å². The van der Waals surface area contributed by atoms with Crippen LogP contribution in [-0.4, -0.2) is 8.42 Å². The van der Waals surface area contributed by atoms with Crippen LogP contribution in [0.25, 0.3) is 0 Å². The molecule has 0 unspecified atom stereocenters. The van der Waals surface area contributed by atoms with Gasteiger partial charge < -0.3 is 5.73 Å². The van der Waals surface area contributed by atoms with Gasteiger partial charge in [-0.1, -0.05) is 11.6 Å². The fourth-order valence-electron chi connectivity index (χ4n) is 1.70. The summed E-state index contributed by atoms with van der Waals surface area (Å²) in [6.45, 7) is -0.138. The minimum atomic E-state index is -3.99. The van der Waals surface area contributed by atoms with E-state index in [2.05, 4.69) is 4.72 Å². The van der Waals surface area contributed by atoms with Crippen LogP contribution in [0.5, 0.6) is 0 Å². The van der Waals surface area contributed by atoms with Gasteiger partial charge in [0.05, 0.1) is 10.6 Å². The van der Waals surface area contributed by atoms with Gasteiger partial charge >= 0.3 is 0 Å². The van der Waals surface area contributed by atoms with Crippen LogP contribution < -0.4 is 10.5 Å². The molecule has 4 nitrogen and oxygen atoms in total. The van der Waals surface area contributed by atoms with Crippen molar-refractivity contribution in [3.63, 3.8) is 0 Å². The number of sulfonamides is 1. The number of hydrogen-bond donors (Lipinski definition) is 2. The summed E-state index contributed by atoms with van der Waals surface area (Å²) in [6, 6.07) is 6.52. The molecular weight excluding hydrogens is 322 g/mol. The van der Waals surface area contributed by atoms with Crippen LogP contribution in [-0.2, 0) is 16.6 Å². The summed E-state index contributed by atoms with van der Waals surface area (Å²) in [4.78, 5) is -0.176. The lowest BCUT2D eigenvalue weighted by Crippen LogP contribution is -2.14. The second kappa shape index (κ2) is 5.97. The average molecular weight is 333 g/mol. The summed E-state index contributed by atoms with van der Waals surface area (Å²) in [6.07, 6.45) is 0. The molecule has 0 aromatic heterocycles. The van der Waals surface area contributed by atoms with Crippen molar-refractivity contribution >= 4 is 27.3 Å². The largest absolute Gasteiger partial charge is 0.326 e. The van der Waals surface area contributed by atoms with Crippen molar-refractivity contribution in [2.75, 3.05) is 4.72 Å². The monoisotopic (exact) mass is 332 g/mol. The van der Waals surface area contributed by atoms with Crippen molar-refractivity contribution in [1.29, 1.82) is 0 Å². The average Bonchev–Trinajstić information content (AvgIpc) is 2.37. The predicted octanol–water partition coefficient (Wildman–Crippen LogP) is 2.88. The van der Waals surface area contributed by atoms with Crippen LogP contribution in [0.4, 0.5) is 14.5 Å². The fraction of sp³-hybridized carbons (Fsp3) is 0.0769. The van der Waals surface area contributed by atoms with E-state index >= 15 is 0 Å². The van der Waals surface area contributed by atoms with Gasteiger partial charge in [-0.25, -0.2) is 17.2 Å². The van der Waals surface area contributed by atoms with Gasteiger partial charge in [-0.15, -0.1) is 0 Å². The third kappa shape index (κ3) is 3.69. The number of rotatable bonds is 4. The molecule has 0 aliphatic carbocycles. The molecule has 0 heterocycles. The Hall–Kier alpha value is -1.70. The topological polar surface area (TPSA) is 72.2 Å². The highest BCUT2D eigenvalue weighted by molar-refractivity contribution is 7.92. The van der Waals surface area contributed by atoms with Crippen molar-refractivity contribution in [2.24, 2.45) is 5.73 Å². The summed E-state index contributed by atoms with van der Waals surface area (Å²) in [5, 5.41) is 0.0504. The molecule has 21 heavy (non-hydrogen) atoms. The minimum absolute atomic E-state index is 0.0291. The number of anilines is 1. The molecular formula is C13H11ClF2N2O2S. The Morgan fingerprint density at radius 2 is 1.86 bits per heavy atom. The van der Waals surface area contributed by atoms with Crippen molar-refractivity contribution in [2.45, 2.75) is 11.4 Å². The summed E-state index contributed by atoms with van der Waals surface area (Å²) in [5.41, 5.74) is 5.37. The van der Waals surface area contributed by atoms with E-state index in [-0.39, 0.29) is 27.7 Å². The van der Waals surface area contributed by atoms with E-state index in [1.807, 2.05) is 0 Å². The van der Waals surface area contributed by atoms with Crippen molar-refractivity contribution in [3.05, 3.63) is 58.6 Å². The molecule has 0 atom stereocenters. The molecule has 0 aliphatic heterocycles. The van der Waals surface area contributed by atoms with Crippen molar-refractivity contribution < 1.29 is 17.2 Å². The van der Waals surface area contributed by atoms with Gasteiger partial charge in [-0.05, 0) is 36.4 Å². The molecule has 0 fully saturated rings. The molecule has 0 saturated carbocycles. The summed E-state index contributed by atoms with van der Waals surface area (Å²) >= 11 is 5.65. The Labute approximate surface area is 125 Å². The molecule has 2 aromatic carbocycles. The minimum Gasteiger partial charge on any atom is -0.326 e. The normalized spacial score (nSPS) is 11.4. The maximum absolute atomic E-state index is 13.3. The van der Waals surface area contributed by atoms with Gasteiger partial charge in [0, 0.05) is 17.1 Å². The van der Waals surface area contributed by atoms with Crippen molar-refractivity contribution in [1.82, 2.24) is 0 Å².